The number of ketones is 1. The van der Waals surface area contributed by atoms with Gasteiger partial charge < -0.3 is 0 Å². The number of hydrogen-bond acceptors (Lipinski definition) is 3. The van der Waals surface area contributed by atoms with Crippen LogP contribution in [0, 0.1) is 5.92 Å². The van der Waals surface area contributed by atoms with E-state index in [1.54, 1.807) is 0 Å². The number of rotatable bonds is 3. The van der Waals surface area contributed by atoms with Crippen molar-refractivity contribution in [1.82, 2.24) is 0 Å². The average molecular weight is 246 g/mol. The van der Waals surface area contributed by atoms with E-state index in [0.29, 0.717) is 21.0 Å². The lowest BCUT2D eigenvalue weighted by Gasteiger charge is -2.32. The molecule has 0 bridgehead atoms. The molecule has 1 rings (SSSR count). The van der Waals surface area contributed by atoms with Gasteiger partial charge in [-0.15, -0.1) is 11.8 Å². The molecule has 1 saturated carbocycles. The molecule has 1 nitrogen and oxygen atoms in total. The van der Waals surface area contributed by atoms with E-state index in [1.807, 2.05) is 23.5 Å². The summed E-state index contributed by atoms with van der Waals surface area (Å²) in [6.45, 7) is 6.77. The van der Waals surface area contributed by atoms with Gasteiger partial charge >= 0.3 is 0 Å². The number of hydrogen-bond donors (Lipinski definition) is 0. The Morgan fingerprint density at radius 1 is 1.40 bits per heavy atom. The van der Waals surface area contributed by atoms with E-state index in [9.17, 15) is 4.79 Å². The molecule has 0 heterocycles. The van der Waals surface area contributed by atoms with E-state index in [1.165, 1.54) is 6.42 Å². The van der Waals surface area contributed by atoms with Gasteiger partial charge in [-0.3, -0.25) is 4.79 Å². The van der Waals surface area contributed by atoms with Gasteiger partial charge in [0.2, 0.25) is 0 Å². The molecule has 0 saturated heterocycles. The molecule has 0 spiro atoms. The quantitative estimate of drug-likeness (QED) is 0.702. The number of Topliss-reactive ketones (excluding diaryl/α,β-unsaturated/α-hetero) is 1. The van der Waals surface area contributed by atoms with Crippen LogP contribution in [0.3, 0.4) is 0 Å². The molecule has 2 atom stereocenters. The van der Waals surface area contributed by atoms with Crippen LogP contribution in [0.1, 0.15) is 46.5 Å². The fourth-order valence-electron chi connectivity index (χ4n) is 1.98. The molecular weight excluding hydrogens is 224 g/mol. The summed E-state index contributed by atoms with van der Waals surface area (Å²) >= 11 is 3.94. The maximum atomic E-state index is 11.4. The Hall–Kier alpha value is 0.370. The summed E-state index contributed by atoms with van der Waals surface area (Å²) in [4.78, 5) is 11.4. The molecule has 15 heavy (non-hydrogen) atoms. The topological polar surface area (TPSA) is 17.1 Å². The van der Waals surface area contributed by atoms with Gasteiger partial charge in [-0.2, -0.15) is 11.8 Å². The minimum atomic E-state index is 0.300. The molecule has 0 aromatic heterocycles. The van der Waals surface area contributed by atoms with Crippen LogP contribution < -0.4 is 0 Å². The van der Waals surface area contributed by atoms with Crippen molar-refractivity contribution in [1.29, 1.82) is 0 Å². The fraction of sp³-hybridized carbons (Fsp3) is 0.917. The fourth-order valence-corrected chi connectivity index (χ4v) is 4.97. The first-order valence-electron chi connectivity index (χ1n) is 5.64. The molecule has 0 aromatic rings. The number of thioether (sulfide) groups is 2. The van der Waals surface area contributed by atoms with E-state index in [0.717, 1.165) is 19.3 Å². The third-order valence-electron chi connectivity index (χ3n) is 2.61. The molecule has 0 aliphatic heterocycles. The minimum absolute atomic E-state index is 0.300. The summed E-state index contributed by atoms with van der Waals surface area (Å²) in [7, 11) is 0. The summed E-state index contributed by atoms with van der Waals surface area (Å²) in [6, 6.07) is 0. The van der Waals surface area contributed by atoms with Crippen LogP contribution in [0.25, 0.3) is 0 Å². The third kappa shape index (κ3) is 4.81. The van der Waals surface area contributed by atoms with Crippen molar-refractivity contribution in [2.75, 3.05) is 6.26 Å². The van der Waals surface area contributed by atoms with Gasteiger partial charge in [0, 0.05) is 17.6 Å². The summed E-state index contributed by atoms with van der Waals surface area (Å²) < 4.78 is 0.892. The van der Waals surface area contributed by atoms with Crippen molar-refractivity contribution >= 4 is 29.3 Å². The van der Waals surface area contributed by atoms with Crippen molar-refractivity contribution in [2.24, 2.45) is 5.92 Å². The first-order valence-corrected chi connectivity index (χ1v) is 7.81. The second-order valence-corrected chi connectivity index (χ2v) is 8.48. The molecular formula is C12H22OS2. The predicted octanol–water partition coefficient (Wildman–Crippen LogP) is 3.97. The Bertz CT molecular complexity index is 220. The predicted molar refractivity (Wildman–Crippen MR) is 71.6 cm³/mol. The van der Waals surface area contributed by atoms with E-state index >= 15 is 0 Å². The van der Waals surface area contributed by atoms with Crippen LogP contribution in [0.15, 0.2) is 0 Å². The molecule has 2 unspecified atom stereocenters. The molecule has 1 fully saturated rings. The Balaban J connectivity index is 2.53. The lowest BCUT2D eigenvalue weighted by Crippen LogP contribution is -2.26. The van der Waals surface area contributed by atoms with Crippen LogP contribution >= 0.6 is 23.5 Å². The average Bonchev–Trinajstić information content (AvgIpc) is 2.13. The number of carbonyl (C=O) groups excluding carboxylic acids is 1. The van der Waals surface area contributed by atoms with Gasteiger partial charge in [-0.25, -0.2) is 0 Å². The zero-order valence-electron chi connectivity index (χ0n) is 10.2. The van der Waals surface area contributed by atoms with Crippen molar-refractivity contribution in [3.8, 4) is 0 Å². The highest BCUT2D eigenvalue weighted by molar-refractivity contribution is 8.17. The molecule has 0 aromatic carbocycles. The zero-order valence-corrected chi connectivity index (χ0v) is 11.8. The van der Waals surface area contributed by atoms with Crippen molar-refractivity contribution in [2.45, 2.75) is 55.8 Å². The Morgan fingerprint density at radius 3 is 2.53 bits per heavy atom. The van der Waals surface area contributed by atoms with Gasteiger partial charge in [-0.1, -0.05) is 20.8 Å². The molecule has 0 radical (unpaired) electrons. The Kier molecular flexibility index (Phi) is 5.04. The van der Waals surface area contributed by atoms with Gasteiger partial charge in [0.15, 0.2) is 0 Å². The van der Waals surface area contributed by atoms with Crippen LogP contribution in [0.2, 0.25) is 0 Å². The highest BCUT2D eigenvalue weighted by Crippen LogP contribution is 2.42. The normalized spacial score (nSPS) is 25.3. The molecule has 3 heteroatoms. The summed E-state index contributed by atoms with van der Waals surface area (Å²) in [6.07, 6.45) is 6.14. The van der Waals surface area contributed by atoms with Crippen molar-refractivity contribution < 1.29 is 4.79 Å². The monoisotopic (exact) mass is 246 g/mol. The largest absolute Gasteiger partial charge is 0.300 e. The summed E-state index contributed by atoms with van der Waals surface area (Å²) in [5, 5.41) is 0. The third-order valence-corrected chi connectivity index (χ3v) is 5.65. The minimum Gasteiger partial charge on any atom is -0.300 e. The van der Waals surface area contributed by atoms with E-state index in [2.05, 4.69) is 27.0 Å². The Labute approximate surface area is 102 Å². The van der Waals surface area contributed by atoms with E-state index < -0.39 is 0 Å². The van der Waals surface area contributed by atoms with Crippen molar-refractivity contribution in [3.05, 3.63) is 0 Å². The molecule has 1 aliphatic carbocycles. The van der Waals surface area contributed by atoms with E-state index in [4.69, 9.17) is 0 Å². The molecule has 0 N–H and O–H groups in total. The summed E-state index contributed by atoms with van der Waals surface area (Å²) in [5.74, 6) is 1.07. The van der Waals surface area contributed by atoms with Gasteiger partial charge in [0.05, 0.1) is 4.58 Å². The SMILES string of the molecule is CSC(SC(C)(C)C)C1CCCC(=O)C1. The maximum Gasteiger partial charge on any atom is 0.133 e. The highest BCUT2D eigenvalue weighted by atomic mass is 32.2. The maximum absolute atomic E-state index is 11.4. The second-order valence-electron chi connectivity index (χ2n) is 5.23. The molecule has 88 valence electrons. The standard InChI is InChI=1S/C12H22OS2/c1-12(2,3)15-11(14-4)9-6-5-7-10(13)8-9/h9,11H,5-8H2,1-4H3. The molecule has 0 amide bonds. The zero-order chi connectivity index (χ0) is 11.5. The second kappa shape index (κ2) is 5.62. The van der Waals surface area contributed by atoms with Crippen LogP contribution in [-0.2, 0) is 4.79 Å². The van der Waals surface area contributed by atoms with Crippen LogP contribution in [-0.4, -0.2) is 21.4 Å². The highest BCUT2D eigenvalue weighted by Gasteiger charge is 2.30. The van der Waals surface area contributed by atoms with Gasteiger partial charge in [0.1, 0.15) is 5.78 Å². The lowest BCUT2D eigenvalue weighted by atomic mass is 9.90. The Morgan fingerprint density at radius 2 is 2.07 bits per heavy atom. The van der Waals surface area contributed by atoms with E-state index in [-0.39, 0.29) is 0 Å². The first-order chi connectivity index (χ1) is 6.92. The van der Waals surface area contributed by atoms with Crippen molar-refractivity contribution in [3.63, 3.8) is 0 Å². The van der Waals surface area contributed by atoms with Crippen LogP contribution in [0.5, 0.6) is 0 Å². The molecule has 1 aliphatic rings. The summed E-state index contributed by atoms with van der Waals surface area (Å²) in [5.41, 5.74) is 0. The number of carbonyl (C=O) groups is 1. The smallest absolute Gasteiger partial charge is 0.133 e. The lowest BCUT2D eigenvalue weighted by molar-refractivity contribution is -0.121. The first kappa shape index (κ1) is 13.4. The van der Waals surface area contributed by atoms with Gasteiger partial charge in [-0.05, 0) is 25.0 Å². The van der Waals surface area contributed by atoms with Crippen LogP contribution in [0.4, 0.5) is 0 Å². The van der Waals surface area contributed by atoms with Gasteiger partial charge in [0.25, 0.3) is 0 Å².